The number of hydrogen-bond acceptors (Lipinski definition) is 3. The molecule has 1 aliphatic heterocycles. The van der Waals surface area contributed by atoms with Crippen LogP contribution in [-0.4, -0.2) is 23.1 Å². The molecule has 4 heteroatoms. The molecule has 2 rings (SSSR count). The lowest BCUT2D eigenvalue weighted by molar-refractivity contribution is 0.494. The normalized spacial score (nSPS) is 25.9. The van der Waals surface area contributed by atoms with E-state index in [1.165, 1.54) is 0 Å². The van der Waals surface area contributed by atoms with Gasteiger partial charge in [-0.15, -0.1) is 11.6 Å². The number of nitrogens with zero attached hydrogens (tertiary/aromatic N) is 3. The van der Waals surface area contributed by atoms with Gasteiger partial charge in [0, 0.05) is 31.0 Å². The molecule has 0 N–H and O–H groups in total. The van der Waals surface area contributed by atoms with Gasteiger partial charge in [0.15, 0.2) is 0 Å². The van der Waals surface area contributed by atoms with Crippen molar-refractivity contribution in [2.75, 3.05) is 18.0 Å². The molecule has 1 fully saturated rings. The molecule has 15 heavy (non-hydrogen) atoms. The zero-order chi connectivity index (χ0) is 10.8. The highest BCUT2D eigenvalue weighted by Crippen LogP contribution is 2.24. The fourth-order valence-corrected chi connectivity index (χ4v) is 2.01. The number of anilines is 1. The largest absolute Gasteiger partial charge is 0.340 e. The third-order valence-corrected chi connectivity index (χ3v) is 3.43. The van der Waals surface area contributed by atoms with Gasteiger partial charge < -0.3 is 4.90 Å². The van der Waals surface area contributed by atoms with Crippen molar-refractivity contribution in [1.29, 1.82) is 0 Å². The molecule has 2 unspecified atom stereocenters. The van der Waals surface area contributed by atoms with E-state index in [0.717, 1.165) is 36.4 Å². The molecule has 0 spiro atoms. The Bertz CT molecular complexity index is 315. The van der Waals surface area contributed by atoms with Crippen molar-refractivity contribution in [1.82, 2.24) is 9.97 Å². The van der Waals surface area contributed by atoms with Crippen molar-refractivity contribution in [3.8, 4) is 0 Å². The second-order valence-electron chi connectivity index (χ2n) is 4.38. The predicted octanol–water partition coefficient (Wildman–Crippen LogP) is 2.31. The molecule has 0 aliphatic carbocycles. The van der Waals surface area contributed by atoms with Crippen LogP contribution in [0, 0.1) is 11.8 Å². The summed E-state index contributed by atoms with van der Waals surface area (Å²) in [5.74, 6) is 2.76. The lowest BCUT2D eigenvalue weighted by Crippen LogP contribution is -2.22. The van der Waals surface area contributed by atoms with Gasteiger partial charge in [0.05, 0.1) is 5.88 Å². The Morgan fingerprint density at radius 3 is 2.27 bits per heavy atom. The summed E-state index contributed by atoms with van der Waals surface area (Å²) in [6, 6.07) is 0. The topological polar surface area (TPSA) is 29.0 Å². The molecule has 1 aromatic heterocycles. The second-order valence-corrected chi connectivity index (χ2v) is 4.65. The Balaban J connectivity index is 2.10. The number of aromatic nitrogens is 2. The van der Waals surface area contributed by atoms with Crippen molar-refractivity contribution in [2.45, 2.75) is 19.7 Å². The summed E-state index contributed by atoms with van der Waals surface area (Å²) in [5, 5.41) is 0. The van der Waals surface area contributed by atoms with Gasteiger partial charge in [0.2, 0.25) is 5.95 Å². The van der Waals surface area contributed by atoms with Gasteiger partial charge in [-0.25, -0.2) is 9.97 Å². The van der Waals surface area contributed by atoms with Crippen LogP contribution in [-0.2, 0) is 5.88 Å². The molecule has 1 aliphatic rings. The average Bonchev–Trinajstić information content (AvgIpc) is 2.59. The van der Waals surface area contributed by atoms with E-state index in [9.17, 15) is 0 Å². The molecule has 0 amide bonds. The third kappa shape index (κ3) is 2.23. The summed E-state index contributed by atoms with van der Waals surface area (Å²) < 4.78 is 0. The van der Waals surface area contributed by atoms with Crippen LogP contribution < -0.4 is 4.90 Å². The number of hydrogen-bond donors (Lipinski definition) is 0. The van der Waals surface area contributed by atoms with Crippen LogP contribution in [0.15, 0.2) is 12.4 Å². The first-order chi connectivity index (χ1) is 7.20. The van der Waals surface area contributed by atoms with Crippen molar-refractivity contribution in [2.24, 2.45) is 11.8 Å². The van der Waals surface area contributed by atoms with E-state index in [-0.39, 0.29) is 0 Å². The maximum absolute atomic E-state index is 5.69. The van der Waals surface area contributed by atoms with Crippen molar-refractivity contribution in [3.05, 3.63) is 18.0 Å². The van der Waals surface area contributed by atoms with Crippen LogP contribution in [0.5, 0.6) is 0 Å². The van der Waals surface area contributed by atoms with Crippen molar-refractivity contribution >= 4 is 17.5 Å². The van der Waals surface area contributed by atoms with Gasteiger partial charge in [-0.05, 0) is 11.8 Å². The SMILES string of the molecule is CC1CN(c2ncc(CCl)cn2)CC1C. The van der Waals surface area contributed by atoms with E-state index in [4.69, 9.17) is 11.6 Å². The van der Waals surface area contributed by atoms with E-state index < -0.39 is 0 Å². The molecule has 2 heterocycles. The van der Waals surface area contributed by atoms with Crippen LogP contribution in [0.2, 0.25) is 0 Å². The Morgan fingerprint density at radius 1 is 1.27 bits per heavy atom. The van der Waals surface area contributed by atoms with Gasteiger partial charge >= 0.3 is 0 Å². The van der Waals surface area contributed by atoms with E-state index in [0.29, 0.717) is 5.88 Å². The molecular formula is C11H16ClN3. The summed E-state index contributed by atoms with van der Waals surface area (Å²) in [4.78, 5) is 10.9. The minimum absolute atomic E-state index is 0.479. The molecule has 1 aromatic rings. The molecule has 0 saturated carbocycles. The Hall–Kier alpha value is -0.830. The summed E-state index contributed by atoms with van der Waals surface area (Å²) in [7, 11) is 0. The highest BCUT2D eigenvalue weighted by molar-refractivity contribution is 6.17. The van der Waals surface area contributed by atoms with E-state index >= 15 is 0 Å². The minimum Gasteiger partial charge on any atom is -0.340 e. The molecule has 0 bridgehead atoms. The second kappa shape index (κ2) is 4.35. The standard InChI is InChI=1S/C11H16ClN3/c1-8-6-15(7-9(8)2)11-13-4-10(3-12)5-14-11/h4-5,8-9H,3,6-7H2,1-2H3. The van der Waals surface area contributed by atoms with Crippen LogP contribution >= 0.6 is 11.6 Å². The average molecular weight is 226 g/mol. The van der Waals surface area contributed by atoms with E-state index in [2.05, 4.69) is 28.7 Å². The fraction of sp³-hybridized carbons (Fsp3) is 0.636. The third-order valence-electron chi connectivity index (χ3n) is 3.12. The molecular weight excluding hydrogens is 210 g/mol. The summed E-state index contributed by atoms with van der Waals surface area (Å²) in [6.07, 6.45) is 3.62. The summed E-state index contributed by atoms with van der Waals surface area (Å²) in [6.45, 7) is 6.67. The molecule has 3 nitrogen and oxygen atoms in total. The highest BCUT2D eigenvalue weighted by atomic mass is 35.5. The highest BCUT2D eigenvalue weighted by Gasteiger charge is 2.27. The van der Waals surface area contributed by atoms with Gasteiger partial charge in [0.1, 0.15) is 0 Å². The maximum Gasteiger partial charge on any atom is 0.225 e. The first-order valence-electron chi connectivity index (χ1n) is 5.32. The van der Waals surface area contributed by atoms with Crippen LogP contribution in [0.3, 0.4) is 0 Å². The maximum atomic E-state index is 5.69. The van der Waals surface area contributed by atoms with Gasteiger partial charge in [-0.1, -0.05) is 13.8 Å². The fourth-order valence-electron chi connectivity index (χ4n) is 1.87. The van der Waals surface area contributed by atoms with Gasteiger partial charge in [0.25, 0.3) is 0 Å². The van der Waals surface area contributed by atoms with Crippen LogP contribution in [0.25, 0.3) is 0 Å². The molecule has 0 aromatic carbocycles. The van der Waals surface area contributed by atoms with Gasteiger partial charge in [-0.2, -0.15) is 0 Å². The monoisotopic (exact) mass is 225 g/mol. The lowest BCUT2D eigenvalue weighted by Gasteiger charge is -2.15. The molecule has 1 saturated heterocycles. The molecule has 2 atom stereocenters. The Morgan fingerprint density at radius 2 is 1.80 bits per heavy atom. The Labute approximate surface area is 95.5 Å². The molecule has 0 radical (unpaired) electrons. The number of alkyl halides is 1. The van der Waals surface area contributed by atoms with Crippen LogP contribution in [0.1, 0.15) is 19.4 Å². The van der Waals surface area contributed by atoms with Gasteiger partial charge in [-0.3, -0.25) is 0 Å². The Kier molecular flexibility index (Phi) is 3.10. The van der Waals surface area contributed by atoms with E-state index in [1.807, 2.05) is 12.4 Å². The molecule has 82 valence electrons. The van der Waals surface area contributed by atoms with Crippen molar-refractivity contribution in [3.63, 3.8) is 0 Å². The number of rotatable bonds is 2. The minimum atomic E-state index is 0.479. The smallest absolute Gasteiger partial charge is 0.225 e. The first-order valence-corrected chi connectivity index (χ1v) is 5.86. The van der Waals surface area contributed by atoms with Crippen LogP contribution in [0.4, 0.5) is 5.95 Å². The number of halogens is 1. The zero-order valence-electron chi connectivity index (χ0n) is 9.15. The lowest BCUT2D eigenvalue weighted by atomic mass is 10.0. The predicted molar refractivity (Wildman–Crippen MR) is 62.1 cm³/mol. The summed E-state index contributed by atoms with van der Waals surface area (Å²) in [5.41, 5.74) is 0.973. The quantitative estimate of drug-likeness (QED) is 0.724. The van der Waals surface area contributed by atoms with E-state index in [1.54, 1.807) is 0 Å². The zero-order valence-corrected chi connectivity index (χ0v) is 9.91. The van der Waals surface area contributed by atoms with Crippen molar-refractivity contribution < 1.29 is 0 Å². The summed E-state index contributed by atoms with van der Waals surface area (Å²) >= 11 is 5.69. The first kappa shape index (κ1) is 10.7.